The van der Waals surface area contributed by atoms with Gasteiger partial charge in [0, 0.05) is 18.8 Å². The maximum absolute atomic E-state index is 12.6. The highest BCUT2D eigenvalue weighted by Gasteiger charge is 2.21. The molecule has 29 heavy (non-hydrogen) atoms. The van der Waals surface area contributed by atoms with Crippen molar-refractivity contribution in [3.63, 3.8) is 0 Å². The predicted molar refractivity (Wildman–Crippen MR) is 115 cm³/mol. The van der Waals surface area contributed by atoms with Gasteiger partial charge in [0.1, 0.15) is 5.69 Å². The molecule has 3 N–H and O–H groups in total. The Balaban J connectivity index is 1.56. The molecule has 0 unspecified atom stereocenters. The van der Waals surface area contributed by atoms with Crippen molar-refractivity contribution in [1.29, 1.82) is 0 Å². The number of aromatic nitrogens is 1. The maximum atomic E-state index is 12.6. The zero-order chi connectivity index (χ0) is 20.6. The molecule has 0 bridgehead atoms. The van der Waals surface area contributed by atoms with Crippen LogP contribution in [0.25, 0.3) is 0 Å². The van der Waals surface area contributed by atoms with Crippen LogP contribution in [-0.2, 0) is 12.8 Å². The van der Waals surface area contributed by atoms with Crippen LogP contribution in [0.1, 0.15) is 43.2 Å². The summed E-state index contributed by atoms with van der Waals surface area (Å²) in [7, 11) is 0. The smallest absolute Gasteiger partial charge is 0.268 e. The zero-order valence-corrected chi connectivity index (χ0v) is 16.9. The molecule has 1 heterocycles. The molecule has 0 spiro atoms. The van der Waals surface area contributed by atoms with Crippen LogP contribution in [0.2, 0.25) is 0 Å². The molecule has 0 saturated heterocycles. The van der Waals surface area contributed by atoms with E-state index in [2.05, 4.69) is 15.6 Å². The fourth-order valence-corrected chi connectivity index (χ4v) is 3.42. The lowest BCUT2D eigenvalue weighted by Crippen LogP contribution is -2.28. The Morgan fingerprint density at radius 2 is 1.24 bits per heavy atom. The van der Waals surface area contributed by atoms with Crippen molar-refractivity contribution in [3.05, 3.63) is 94.3 Å². The van der Waals surface area contributed by atoms with Crippen molar-refractivity contribution < 1.29 is 9.59 Å². The standard InChI is InChI=1S/C24H27N3O2/c1-17-21(23(28)25-15-13-19-9-5-3-6-10-19)18(2)27-22(17)24(29)26-16-14-20-11-7-4-8-12-20/h3-12,27H,13-16H2,1-2H3,(H,25,28)(H,26,29). The van der Waals surface area contributed by atoms with Crippen molar-refractivity contribution >= 4 is 11.8 Å². The first-order valence-electron chi connectivity index (χ1n) is 9.89. The van der Waals surface area contributed by atoms with E-state index in [-0.39, 0.29) is 11.8 Å². The quantitative estimate of drug-likeness (QED) is 0.551. The van der Waals surface area contributed by atoms with Gasteiger partial charge < -0.3 is 15.6 Å². The van der Waals surface area contributed by atoms with Gasteiger partial charge in [-0.15, -0.1) is 0 Å². The fraction of sp³-hybridized carbons (Fsp3) is 0.250. The molecule has 5 nitrogen and oxygen atoms in total. The van der Waals surface area contributed by atoms with Crippen LogP contribution in [0.3, 0.4) is 0 Å². The molecule has 0 aliphatic heterocycles. The molecule has 2 aromatic carbocycles. The highest BCUT2D eigenvalue weighted by Crippen LogP contribution is 2.18. The van der Waals surface area contributed by atoms with Gasteiger partial charge >= 0.3 is 0 Å². The first-order chi connectivity index (χ1) is 14.1. The Kier molecular flexibility index (Phi) is 6.85. The molecular formula is C24H27N3O2. The molecule has 2 amide bonds. The summed E-state index contributed by atoms with van der Waals surface area (Å²) >= 11 is 0. The Bertz CT molecular complexity index is 963. The molecule has 3 aromatic rings. The summed E-state index contributed by atoms with van der Waals surface area (Å²) in [5, 5.41) is 5.89. The monoisotopic (exact) mass is 389 g/mol. The van der Waals surface area contributed by atoms with Crippen molar-refractivity contribution in [3.8, 4) is 0 Å². The van der Waals surface area contributed by atoms with E-state index in [1.54, 1.807) is 0 Å². The van der Waals surface area contributed by atoms with E-state index in [1.165, 1.54) is 11.1 Å². The van der Waals surface area contributed by atoms with Gasteiger partial charge in [-0.05, 0) is 43.4 Å². The number of rotatable bonds is 8. The van der Waals surface area contributed by atoms with Crippen LogP contribution in [0, 0.1) is 13.8 Å². The highest BCUT2D eigenvalue weighted by atomic mass is 16.2. The van der Waals surface area contributed by atoms with E-state index in [0.717, 1.165) is 12.8 Å². The number of hydrogen-bond donors (Lipinski definition) is 3. The van der Waals surface area contributed by atoms with Crippen LogP contribution in [0.4, 0.5) is 0 Å². The summed E-state index contributed by atoms with van der Waals surface area (Å²) < 4.78 is 0. The van der Waals surface area contributed by atoms with Gasteiger partial charge in [-0.1, -0.05) is 60.7 Å². The third kappa shape index (κ3) is 5.35. The number of aromatic amines is 1. The maximum Gasteiger partial charge on any atom is 0.268 e. The summed E-state index contributed by atoms with van der Waals surface area (Å²) in [4.78, 5) is 28.3. The van der Waals surface area contributed by atoms with Gasteiger partial charge in [-0.2, -0.15) is 0 Å². The number of hydrogen-bond acceptors (Lipinski definition) is 2. The molecule has 0 saturated carbocycles. The van der Waals surface area contributed by atoms with Crippen molar-refractivity contribution in [2.24, 2.45) is 0 Å². The van der Waals surface area contributed by atoms with Crippen molar-refractivity contribution in [2.45, 2.75) is 26.7 Å². The molecule has 0 aliphatic carbocycles. The minimum absolute atomic E-state index is 0.157. The van der Waals surface area contributed by atoms with Crippen molar-refractivity contribution in [2.75, 3.05) is 13.1 Å². The average Bonchev–Trinajstić information content (AvgIpc) is 3.03. The minimum Gasteiger partial charge on any atom is -0.354 e. The number of carbonyl (C=O) groups is 2. The van der Waals surface area contributed by atoms with Gasteiger partial charge in [0.2, 0.25) is 0 Å². The van der Waals surface area contributed by atoms with Gasteiger partial charge in [-0.3, -0.25) is 9.59 Å². The van der Waals surface area contributed by atoms with Crippen LogP contribution in [-0.4, -0.2) is 29.9 Å². The lowest BCUT2D eigenvalue weighted by Gasteiger charge is -2.07. The first-order valence-corrected chi connectivity index (χ1v) is 9.89. The summed E-state index contributed by atoms with van der Waals surface area (Å²) in [6, 6.07) is 20.0. The normalized spacial score (nSPS) is 10.6. The molecule has 5 heteroatoms. The van der Waals surface area contributed by atoms with E-state index in [4.69, 9.17) is 0 Å². The molecule has 0 radical (unpaired) electrons. The lowest BCUT2D eigenvalue weighted by atomic mass is 10.1. The van der Waals surface area contributed by atoms with Gasteiger partial charge in [0.25, 0.3) is 11.8 Å². The number of amides is 2. The Labute approximate surface area is 171 Å². The third-order valence-corrected chi connectivity index (χ3v) is 4.98. The van der Waals surface area contributed by atoms with E-state index in [0.29, 0.717) is 35.6 Å². The third-order valence-electron chi connectivity index (χ3n) is 4.98. The van der Waals surface area contributed by atoms with Crippen LogP contribution >= 0.6 is 0 Å². The largest absolute Gasteiger partial charge is 0.354 e. The first kappa shape index (κ1) is 20.4. The number of carbonyl (C=O) groups excluding carboxylic acids is 2. The average molecular weight is 389 g/mol. The number of nitrogens with one attached hydrogen (secondary N) is 3. The second kappa shape index (κ2) is 9.73. The molecule has 0 fully saturated rings. The van der Waals surface area contributed by atoms with E-state index >= 15 is 0 Å². The molecule has 150 valence electrons. The van der Waals surface area contributed by atoms with Crippen LogP contribution < -0.4 is 10.6 Å². The fourth-order valence-electron chi connectivity index (χ4n) is 3.42. The summed E-state index contributed by atoms with van der Waals surface area (Å²) in [6.07, 6.45) is 1.53. The Hall–Kier alpha value is -3.34. The molecule has 1 aromatic heterocycles. The molecule has 0 atom stereocenters. The summed E-state index contributed by atoms with van der Waals surface area (Å²) in [5.41, 5.74) is 4.72. The Morgan fingerprint density at radius 3 is 1.76 bits per heavy atom. The second-order valence-corrected chi connectivity index (χ2v) is 7.11. The second-order valence-electron chi connectivity index (χ2n) is 7.11. The lowest BCUT2D eigenvalue weighted by molar-refractivity contribution is 0.0947. The molecule has 0 aliphatic rings. The molecule has 3 rings (SSSR count). The predicted octanol–water partition coefficient (Wildman–Crippen LogP) is 3.58. The van der Waals surface area contributed by atoms with E-state index < -0.39 is 0 Å². The zero-order valence-electron chi connectivity index (χ0n) is 16.9. The summed E-state index contributed by atoms with van der Waals surface area (Å²) in [5.74, 6) is -0.347. The van der Waals surface area contributed by atoms with Crippen molar-refractivity contribution in [1.82, 2.24) is 15.6 Å². The van der Waals surface area contributed by atoms with Gasteiger partial charge in [-0.25, -0.2) is 0 Å². The number of aryl methyl sites for hydroxylation is 1. The highest BCUT2D eigenvalue weighted by molar-refractivity contribution is 6.02. The Morgan fingerprint density at radius 1 is 0.759 bits per heavy atom. The van der Waals surface area contributed by atoms with Gasteiger partial charge in [0.15, 0.2) is 0 Å². The van der Waals surface area contributed by atoms with Crippen LogP contribution in [0.15, 0.2) is 60.7 Å². The van der Waals surface area contributed by atoms with Crippen LogP contribution in [0.5, 0.6) is 0 Å². The van der Waals surface area contributed by atoms with E-state index in [1.807, 2.05) is 74.5 Å². The molecular weight excluding hydrogens is 362 g/mol. The minimum atomic E-state index is -0.190. The van der Waals surface area contributed by atoms with E-state index in [9.17, 15) is 9.59 Å². The SMILES string of the molecule is Cc1[nH]c(C(=O)NCCc2ccccc2)c(C)c1C(=O)NCCc1ccccc1. The number of H-pyrrole nitrogens is 1. The number of benzene rings is 2. The van der Waals surface area contributed by atoms with Gasteiger partial charge in [0.05, 0.1) is 5.56 Å². The summed E-state index contributed by atoms with van der Waals surface area (Å²) in [6.45, 7) is 4.71. The topological polar surface area (TPSA) is 74.0 Å².